The van der Waals surface area contributed by atoms with Crippen LogP contribution in [0.4, 0.5) is 4.39 Å². The molecule has 24 heavy (non-hydrogen) atoms. The van der Waals surface area contributed by atoms with Gasteiger partial charge in [-0.2, -0.15) is 0 Å². The molecular formula is C18H18BrFN2O2. The Labute approximate surface area is 148 Å². The van der Waals surface area contributed by atoms with Crippen molar-refractivity contribution in [2.45, 2.75) is 19.3 Å². The van der Waals surface area contributed by atoms with Crippen molar-refractivity contribution >= 4 is 27.5 Å². The predicted octanol–water partition coefficient (Wildman–Crippen LogP) is 3.72. The number of rotatable bonds is 5. The molecule has 0 atom stereocenters. The van der Waals surface area contributed by atoms with E-state index in [0.717, 1.165) is 25.9 Å². The molecule has 1 aromatic heterocycles. The first-order chi connectivity index (χ1) is 11.6. The van der Waals surface area contributed by atoms with Crippen molar-refractivity contribution in [1.82, 2.24) is 10.3 Å². The lowest BCUT2D eigenvalue weighted by Gasteiger charge is -2.21. The van der Waals surface area contributed by atoms with Crippen molar-refractivity contribution in [1.29, 1.82) is 0 Å². The van der Waals surface area contributed by atoms with Crippen molar-refractivity contribution in [2.75, 3.05) is 13.1 Å². The fourth-order valence-electron chi connectivity index (χ4n) is 3.00. The van der Waals surface area contributed by atoms with Gasteiger partial charge in [-0.25, -0.2) is 4.39 Å². The van der Waals surface area contributed by atoms with Crippen molar-refractivity contribution in [2.24, 2.45) is 5.92 Å². The SMILES string of the molecule is O=C(CC1CCNCC1)c1cc(C(=O)c2c(F)cccc2Br)c[nH]1. The number of halogens is 2. The zero-order chi connectivity index (χ0) is 17.1. The molecule has 0 spiro atoms. The molecule has 2 aromatic rings. The summed E-state index contributed by atoms with van der Waals surface area (Å²) in [6, 6.07) is 5.91. The van der Waals surface area contributed by atoms with Crippen LogP contribution >= 0.6 is 15.9 Å². The molecule has 2 heterocycles. The minimum absolute atomic E-state index is 0.00597. The number of ketones is 2. The summed E-state index contributed by atoms with van der Waals surface area (Å²) in [5, 5.41) is 3.27. The van der Waals surface area contributed by atoms with Crippen LogP contribution in [0.5, 0.6) is 0 Å². The highest BCUT2D eigenvalue weighted by Crippen LogP contribution is 2.24. The molecule has 126 valence electrons. The maximum atomic E-state index is 13.9. The maximum Gasteiger partial charge on any atom is 0.198 e. The Morgan fingerprint density at radius 3 is 2.71 bits per heavy atom. The van der Waals surface area contributed by atoms with E-state index in [4.69, 9.17) is 0 Å². The highest BCUT2D eigenvalue weighted by atomic mass is 79.9. The fraction of sp³-hybridized carbons (Fsp3) is 0.333. The molecule has 0 radical (unpaired) electrons. The standard InChI is InChI=1S/C18H18BrFN2O2/c19-13-2-1-3-14(20)17(13)18(24)12-9-15(22-10-12)16(23)8-11-4-6-21-7-5-11/h1-3,9-11,21-22H,4-8H2. The fourth-order valence-corrected chi connectivity index (χ4v) is 3.53. The third kappa shape index (κ3) is 3.65. The highest BCUT2D eigenvalue weighted by Gasteiger charge is 2.22. The summed E-state index contributed by atoms with van der Waals surface area (Å²) in [5.41, 5.74) is 0.674. The first kappa shape index (κ1) is 17.0. The van der Waals surface area contributed by atoms with Crippen molar-refractivity contribution < 1.29 is 14.0 Å². The highest BCUT2D eigenvalue weighted by molar-refractivity contribution is 9.10. The molecule has 0 amide bonds. The van der Waals surface area contributed by atoms with Gasteiger partial charge in [0.1, 0.15) is 5.82 Å². The first-order valence-corrected chi connectivity index (χ1v) is 8.76. The molecular weight excluding hydrogens is 375 g/mol. The Morgan fingerprint density at radius 2 is 2.00 bits per heavy atom. The van der Waals surface area contributed by atoms with E-state index in [9.17, 15) is 14.0 Å². The lowest BCUT2D eigenvalue weighted by atomic mass is 9.92. The van der Waals surface area contributed by atoms with Crippen LogP contribution in [-0.2, 0) is 0 Å². The Bertz CT molecular complexity index is 746. The van der Waals surface area contributed by atoms with E-state index in [2.05, 4.69) is 26.2 Å². The van der Waals surface area contributed by atoms with Crippen LogP contribution < -0.4 is 5.32 Å². The van der Waals surface area contributed by atoms with Crippen LogP contribution in [0, 0.1) is 11.7 Å². The Hall–Kier alpha value is -1.79. The molecule has 2 N–H and O–H groups in total. The number of hydrogen-bond donors (Lipinski definition) is 2. The Morgan fingerprint density at radius 1 is 1.25 bits per heavy atom. The second-order valence-corrected chi connectivity index (χ2v) is 6.90. The number of nitrogens with one attached hydrogen (secondary N) is 2. The van der Waals surface area contributed by atoms with Gasteiger partial charge in [-0.15, -0.1) is 0 Å². The zero-order valence-electron chi connectivity index (χ0n) is 13.1. The molecule has 1 saturated heterocycles. The Balaban J connectivity index is 1.75. The quantitative estimate of drug-likeness (QED) is 0.762. The van der Waals surface area contributed by atoms with Gasteiger partial charge >= 0.3 is 0 Å². The van der Waals surface area contributed by atoms with Gasteiger partial charge in [0.25, 0.3) is 0 Å². The summed E-state index contributed by atoms with van der Waals surface area (Å²) < 4.78 is 14.3. The summed E-state index contributed by atoms with van der Waals surface area (Å²) in [6.07, 6.45) is 3.91. The van der Waals surface area contributed by atoms with Gasteiger partial charge in [-0.1, -0.05) is 6.07 Å². The number of benzene rings is 1. The van der Waals surface area contributed by atoms with E-state index >= 15 is 0 Å². The number of carbonyl (C=O) groups is 2. The molecule has 1 aliphatic rings. The second-order valence-electron chi connectivity index (χ2n) is 6.05. The molecule has 0 aliphatic carbocycles. The van der Waals surface area contributed by atoms with Gasteiger partial charge in [0.15, 0.2) is 11.6 Å². The van der Waals surface area contributed by atoms with Crippen LogP contribution in [0.1, 0.15) is 45.7 Å². The first-order valence-electron chi connectivity index (χ1n) is 7.97. The maximum absolute atomic E-state index is 13.9. The number of Topliss-reactive ketones (excluding diaryl/α,β-unsaturated/α-hetero) is 1. The normalized spacial score (nSPS) is 15.4. The molecule has 3 rings (SSSR count). The van der Waals surface area contributed by atoms with E-state index in [1.54, 1.807) is 6.07 Å². The van der Waals surface area contributed by atoms with Gasteiger partial charge in [0.05, 0.1) is 11.3 Å². The molecule has 0 unspecified atom stereocenters. The van der Waals surface area contributed by atoms with Crippen LogP contribution in [0.2, 0.25) is 0 Å². The number of hydrogen-bond acceptors (Lipinski definition) is 3. The lowest BCUT2D eigenvalue weighted by Crippen LogP contribution is -2.28. The summed E-state index contributed by atoms with van der Waals surface area (Å²) in [6.45, 7) is 1.88. The van der Waals surface area contributed by atoms with Crippen LogP contribution in [0.25, 0.3) is 0 Å². The number of aromatic amines is 1. The van der Waals surface area contributed by atoms with Crippen LogP contribution in [-0.4, -0.2) is 29.6 Å². The van der Waals surface area contributed by atoms with Gasteiger partial charge in [0.2, 0.25) is 0 Å². The number of carbonyl (C=O) groups excluding carboxylic acids is 2. The summed E-state index contributed by atoms with van der Waals surface area (Å²) in [7, 11) is 0. The molecule has 1 fully saturated rings. The van der Waals surface area contributed by atoms with Gasteiger partial charge in [0, 0.05) is 22.7 Å². The molecule has 1 aromatic carbocycles. The molecule has 0 saturated carbocycles. The predicted molar refractivity (Wildman–Crippen MR) is 92.9 cm³/mol. The van der Waals surface area contributed by atoms with E-state index in [-0.39, 0.29) is 16.9 Å². The summed E-state index contributed by atoms with van der Waals surface area (Å²) >= 11 is 3.20. The zero-order valence-corrected chi connectivity index (χ0v) is 14.7. The minimum atomic E-state index is -0.585. The van der Waals surface area contributed by atoms with Gasteiger partial charge in [-0.05, 0) is 66.0 Å². The monoisotopic (exact) mass is 392 g/mol. The molecule has 0 bridgehead atoms. The van der Waals surface area contributed by atoms with Crippen LogP contribution in [0.3, 0.4) is 0 Å². The van der Waals surface area contributed by atoms with E-state index in [1.165, 1.54) is 24.4 Å². The smallest absolute Gasteiger partial charge is 0.198 e. The largest absolute Gasteiger partial charge is 0.358 e. The molecule has 4 nitrogen and oxygen atoms in total. The van der Waals surface area contributed by atoms with Gasteiger partial charge in [-0.3, -0.25) is 9.59 Å². The number of aromatic nitrogens is 1. The average Bonchev–Trinajstić information content (AvgIpc) is 3.05. The summed E-state index contributed by atoms with van der Waals surface area (Å²) in [5.74, 6) is -0.661. The van der Waals surface area contributed by atoms with Crippen molar-refractivity contribution in [3.8, 4) is 0 Å². The van der Waals surface area contributed by atoms with E-state index in [0.29, 0.717) is 22.5 Å². The lowest BCUT2D eigenvalue weighted by molar-refractivity contribution is 0.0948. The van der Waals surface area contributed by atoms with E-state index < -0.39 is 11.6 Å². The van der Waals surface area contributed by atoms with Gasteiger partial charge < -0.3 is 10.3 Å². The topological polar surface area (TPSA) is 62.0 Å². The molecule has 1 aliphatic heterocycles. The minimum Gasteiger partial charge on any atom is -0.358 e. The Kier molecular flexibility index (Phi) is 5.26. The van der Waals surface area contributed by atoms with Crippen molar-refractivity contribution in [3.63, 3.8) is 0 Å². The third-order valence-corrected chi connectivity index (χ3v) is 5.03. The second kappa shape index (κ2) is 7.40. The number of H-pyrrole nitrogens is 1. The number of piperidine rings is 1. The van der Waals surface area contributed by atoms with E-state index in [1.807, 2.05) is 0 Å². The summed E-state index contributed by atoms with van der Waals surface area (Å²) in [4.78, 5) is 27.7. The van der Waals surface area contributed by atoms with Crippen LogP contribution in [0.15, 0.2) is 34.9 Å². The molecule has 6 heteroatoms. The van der Waals surface area contributed by atoms with Crippen molar-refractivity contribution in [3.05, 3.63) is 57.6 Å². The third-order valence-electron chi connectivity index (χ3n) is 4.37. The average molecular weight is 393 g/mol.